The highest BCUT2D eigenvalue weighted by atomic mass is 16.4. The van der Waals surface area contributed by atoms with Gasteiger partial charge in [0.25, 0.3) is 0 Å². The van der Waals surface area contributed by atoms with Crippen LogP contribution in [-0.2, 0) is 75.0 Å². The number of carboxylic acid groups (broad SMARTS) is 10. The minimum atomic E-state index is -1.43. The zero-order valence-corrected chi connectivity index (χ0v) is 62.5. The number of fused-ring (bicyclic) bond motifs is 5. The summed E-state index contributed by atoms with van der Waals surface area (Å²) in [6, 6.07) is 61.1. The van der Waals surface area contributed by atoms with Crippen molar-refractivity contribution in [3.05, 3.63) is 316 Å². The van der Waals surface area contributed by atoms with Gasteiger partial charge in [-0.1, -0.05) is 189 Å². The SMILES string of the molecule is CCC12C3=C4C5=C1[C@@]1(c6ccc(C(CC(=O)O)CC(=O)O)cc6)c6c7ccc8c6C2(c2ccc(C(CC(=O)O)CC(=O)O)cc2)c2c-8ccc6c2[C@]3(c2ccc(C(CC(=O)O)CC(=O)O)cc2)c2c-6ccc3c2[C@]4(c2ccc(C(CC(=O)O)CC(=O)O)cc2)c2c-3ccc3c2[C@]5(c2ccc(C(CC(=O)O)CC(=O)O)cc2)c2c-3ccc-7c21. The maximum Gasteiger partial charge on any atom is 0.303 e. The van der Waals surface area contributed by atoms with Crippen LogP contribution >= 0.6 is 0 Å². The standard InChI is InChI=1S/C97H70O20/c1-2-92-90-88-89-91(92)96(56-19-9-46(10-20-56)51(39-74(110)111)40-75(112)113)83-63-28-26-61-59-24-23-58-60-25-27-62-64-29-31-66-67-32-30-65(63)85(96)87(67)97(92,57-21-11-47(12-22-57)52(41-76(114)115)42-77(116)117)86(66)84(64)95(90,55-17-7-45(8-18-55)50(37-72(106)107)38-73(108)109)82(62)80(60)93(88,53-13-3-43(4-14-53)48(33-68(98)99)34-69(100)101)78(58)79(59)94(89,81(61)83)54-15-5-44(6-16-54)49(35-70(102)103)36-71(104)105/h3-32,48-52H,2,33-42H2,1H3,(H,98,99)(H,100,101)(H,102,103)(H,104,105)(H,106,107)(H,108,109)(H,110,111)(H,112,113)(H,114,115)(H,116,117)/t92?,93-,94+,95-,96+,97?. The lowest BCUT2D eigenvalue weighted by Gasteiger charge is -2.66. The first-order chi connectivity index (χ1) is 56.2. The Morgan fingerprint density at radius 3 is 0.573 bits per heavy atom. The van der Waals surface area contributed by atoms with Crippen molar-refractivity contribution in [1.82, 2.24) is 0 Å². The van der Waals surface area contributed by atoms with Crippen LogP contribution in [0.15, 0.2) is 204 Å². The molecule has 0 spiro atoms. The number of rotatable bonds is 31. The van der Waals surface area contributed by atoms with E-state index in [4.69, 9.17) is 0 Å². The van der Waals surface area contributed by atoms with E-state index >= 15 is 0 Å². The molecule has 11 aliphatic rings. The quantitative estimate of drug-likeness (QED) is 0.0193. The second kappa shape index (κ2) is 23.8. The highest BCUT2D eigenvalue weighted by Crippen LogP contribution is 2.93. The van der Waals surface area contributed by atoms with Crippen LogP contribution < -0.4 is 0 Å². The fourth-order valence-corrected chi connectivity index (χ4v) is 25.7. The predicted octanol–water partition coefficient (Wildman–Crippen LogP) is 15.8. The molecule has 6 atom stereocenters. The first kappa shape index (κ1) is 71.2. The van der Waals surface area contributed by atoms with Gasteiger partial charge in [-0.2, -0.15) is 0 Å². The molecule has 10 N–H and O–H groups in total. The summed E-state index contributed by atoms with van der Waals surface area (Å²) in [5, 5.41) is 105. The van der Waals surface area contributed by atoms with Crippen LogP contribution in [0, 0.1) is 5.41 Å². The molecule has 0 radical (unpaired) electrons. The molecule has 0 saturated heterocycles. The molecule has 0 aromatic heterocycles. The molecule has 11 aliphatic carbocycles. The Bertz CT molecular complexity index is 6070. The second-order valence-corrected chi connectivity index (χ2v) is 33.6. The van der Waals surface area contributed by atoms with Gasteiger partial charge in [-0.3, -0.25) is 47.9 Å². The second-order valence-electron chi connectivity index (χ2n) is 33.6. The molecule has 0 bridgehead atoms. The van der Waals surface area contributed by atoms with Crippen LogP contribution in [0.25, 0.3) is 55.6 Å². The largest absolute Gasteiger partial charge is 0.481 e. The molecule has 21 rings (SSSR count). The smallest absolute Gasteiger partial charge is 0.303 e. The molecule has 117 heavy (non-hydrogen) atoms. The van der Waals surface area contributed by atoms with Gasteiger partial charge in [0, 0.05) is 35.0 Å². The fourth-order valence-electron chi connectivity index (χ4n) is 25.7. The van der Waals surface area contributed by atoms with Crippen molar-refractivity contribution in [3.8, 4) is 55.6 Å². The Morgan fingerprint density at radius 2 is 0.385 bits per heavy atom. The van der Waals surface area contributed by atoms with Crippen molar-refractivity contribution in [2.45, 2.75) is 134 Å². The molecule has 10 aromatic carbocycles. The number of aliphatic carboxylic acids is 10. The van der Waals surface area contributed by atoms with Gasteiger partial charge < -0.3 is 51.1 Å². The summed E-state index contributed by atoms with van der Waals surface area (Å²) in [5.41, 5.74) is 19.7. The van der Waals surface area contributed by atoms with Gasteiger partial charge in [0.15, 0.2) is 0 Å². The maximum atomic E-state index is 12.9. The number of allylic oxidation sites excluding steroid dienone is 4. The van der Waals surface area contributed by atoms with Gasteiger partial charge in [0.05, 0.1) is 91.3 Å². The lowest BCUT2D eigenvalue weighted by molar-refractivity contribution is -0.141. The Morgan fingerprint density at radius 1 is 0.222 bits per heavy atom. The van der Waals surface area contributed by atoms with Crippen LogP contribution in [0.1, 0.15) is 218 Å². The Labute approximate surface area is 666 Å². The molecular weight excluding hydrogens is 1490 g/mol. The predicted molar refractivity (Wildman–Crippen MR) is 422 cm³/mol. The average Bonchev–Trinajstić information content (AvgIpc) is 1.39. The van der Waals surface area contributed by atoms with Crippen molar-refractivity contribution in [1.29, 1.82) is 0 Å². The monoisotopic (exact) mass is 1550 g/mol. The van der Waals surface area contributed by atoms with E-state index in [1.165, 1.54) is 0 Å². The number of hydrogen-bond donors (Lipinski definition) is 10. The third kappa shape index (κ3) is 8.36. The Hall–Kier alpha value is -13.6. The summed E-state index contributed by atoms with van der Waals surface area (Å²) in [4.78, 5) is 129. The molecular formula is C97H70O20. The Balaban J connectivity index is 1.02. The van der Waals surface area contributed by atoms with Gasteiger partial charge in [-0.05, 0) is 196 Å². The topological polar surface area (TPSA) is 373 Å². The van der Waals surface area contributed by atoms with E-state index in [-0.39, 0.29) is 6.42 Å². The third-order valence-corrected chi connectivity index (χ3v) is 28.8. The van der Waals surface area contributed by atoms with Crippen LogP contribution in [0.5, 0.6) is 0 Å². The number of hydrogen-bond acceptors (Lipinski definition) is 10. The van der Waals surface area contributed by atoms with E-state index in [9.17, 15) is 99.0 Å². The zero-order chi connectivity index (χ0) is 81.3. The highest BCUT2D eigenvalue weighted by molar-refractivity contribution is 6.15. The number of carbonyl (C=O) groups is 10. The summed E-state index contributed by atoms with van der Waals surface area (Å²) >= 11 is 0. The van der Waals surface area contributed by atoms with Crippen molar-refractivity contribution in [2.75, 3.05) is 0 Å². The molecule has 0 fully saturated rings. The van der Waals surface area contributed by atoms with Crippen LogP contribution in [0.4, 0.5) is 0 Å². The molecule has 0 aliphatic heterocycles. The van der Waals surface area contributed by atoms with E-state index in [2.05, 4.69) is 79.7 Å². The summed E-state index contributed by atoms with van der Waals surface area (Å²) in [6.45, 7) is 2.22. The lowest BCUT2D eigenvalue weighted by Crippen LogP contribution is -2.63. The molecule has 2 unspecified atom stereocenters. The molecule has 20 nitrogen and oxygen atoms in total. The van der Waals surface area contributed by atoms with Gasteiger partial charge in [-0.15, -0.1) is 0 Å². The molecule has 20 heteroatoms. The summed E-state index contributed by atoms with van der Waals surface area (Å²) in [7, 11) is 0. The molecule has 0 heterocycles. The lowest BCUT2D eigenvalue weighted by atomic mass is 9.34. The number of carboxylic acids is 10. The van der Waals surface area contributed by atoms with Gasteiger partial charge in [-0.25, -0.2) is 0 Å². The third-order valence-electron chi connectivity index (χ3n) is 28.8. The Kier molecular flexibility index (Phi) is 14.5. The fraction of sp³-hybridized carbons (Fsp3) is 0.237. The molecule has 578 valence electrons. The summed E-state index contributed by atoms with van der Waals surface area (Å²) in [6.07, 6.45) is -4.73. The summed E-state index contributed by atoms with van der Waals surface area (Å²) in [5.74, 6) is -16.8. The molecule has 0 saturated carbocycles. The van der Waals surface area contributed by atoms with Gasteiger partial charge >= 0.3 is 59.7 Å². The van der Waals surface area contributed by atoms with Crippen LogP contribution in [0.3, 0.4) is 0 Å². The summed E-state index contributed by atoms with van der Waals surface area (Å²) < 4.78 is 0. The van der Waals surface area contributed by atoms with Crippen molar-refractivity contribution in [3.63, 3.8) is 0 Å². The minimum absolute atomic E-state index is 0.282. The minimum Gasteiger partial charge on any atom is -0.481 e. The first-order valence-electron chi connectivity index (χ1n) is 39.3. The van der Waals surface area contributed by atoms with Crippen LogP contribution in [-0.4, -0.2) is 111 Å². The van der Waals surface area contributed by atoms with Gasteiger partial charge in [0.1, 0.15) is 0 Å². The van der Waals surface area contributed by atoms with E-state index in [0.717, 1.165) is 161 Å². The normalized spacial score (nSPS) is 21.9. The van der Waals surface area contributed by atoms with E-state index < -0.39 is 186 Å². The van der Waals surface area contributed by atoms with Crippen LogP contribution in [0.2, 0.25) is 0 Å². The zero-order valence-electron chi connectivity index (χ0n) is 62.5. The van der Waals surface area contributed by atoms with E-state index in [0.29, 0.717) is 27.8 Å². The molecule has 0 amide bonds. The molecule has 10 aromatic rings. The highest BCUT2D eigenvalue weighted by Gasteiger charge is 2.86. The number of benzene rings is 10. The first-order valence-corrected chi connectivity index (χ1v) is 39.3. The van der Waals surface area contributed by atoms with Crippen molar-refractivity contribution < 1.29 is 99.0 Å². The van der Waals surface area contributed by atoms with E-state index in [1.54, 1.807) is 0 Å². The van der Waals surface area contributed by atoms with Crippen molar-refractivity contribution >= 4 is 59.7 Å². The average molecular weight is 1560 g/mol. The van der Waals surface area contributed by atoms with Gasteiger partial charge in [0.2, 0.25) is 0 Å². The van der Waals surface area contributed by atoms with Crippen molar-refractivity contribution in [2.24, 2.45) is 5.41 Å². The van der Waals surface area contributed by atoms with E-state index in [1.807, 2.05) is 109 Å². The maximum absolute atomic E-state index is 12.9.